The van der Waals surface area contributed by atoms with Crippen molar-refractivity contribution in [3.63, 3.8) is 0 Å². The van der Waals surface area contributed by atoms with E-state index in [1.807, 2.05) is 6.07 Å². The minimum Gasteiger partial charge on any atom is -0.480 e. The van der Waals surface area contributed by atoms with Crippen molar-refractivity contribution in [2.75, 3.05) is 13.1 Å². The van der Waals surface area contributed by atoms with Gasteiger partial charge in [0.25, 0.3) is 0 Å². The average Bonchev–Trinajstić information content (AvgIpc) is 2.85. The zero-order valence-electron chi connectivity index (χ0n) is 21.2. The predicted octanol–water partition coefficient (Wildman–Crippen LogP) is -1.70. The number of carboxylic acid groups (broad SMARTS) is 1. The summed E-state index contributed by atoms with van der Waals surface area (Å²) in [6, 6.07) is 4.88. The van der Waals surface area contributed by atoms with Gasteiger partial charge in [-0.25, -0.2) is 0 Å². The second kappa shape index (κ2) is 16.9. The maximum Gasteiger partial charge on any atom is 0.325 e. The van der Waals surface area contributed by atoms with Crippen LogP contribution in [0.2, 0.25) is 0 Å². The Bertz CT molecular complexity index is 908. The largest absolute Gasteiger partial charge is 0.480 e. The Morgan fingerprint density at radius 3 is 2.11 bits per heavy atom. The number of nitrogens with two attached hydrogens (primary N) is 4. The fraction of sp³-hybridized carbons (Fsp3) is 0.542. The lowest BCUT2D eigenvalue weighted by Gasteiger charge is -2.25. The molecule has 0 aromatic heterocycles. The summed E-state index contributed by atoms with van der Waals surface area (Å²) in [6.45, 7) is 2.06. The van der Waals surface area contributed by atoms with Gasteiger partial charge in [0.1, 0.15) is 18.1 Å². The van der Waals surface area contributed by atoms with E-state index in [-0.39, 0.29) is 18.8 Å². The van der Waals surface area contributed by atoms with E-state index in [0.717, 1.165) is 5.56 Å². The van der Waals surface area contributed by atoms with Crippen molar-refractivity contribution in [1.82, 2.24) is 16.0 Å². The molecule has 0 aliphatic carbocycles. The Hall–Kier alpha value is -3.71. The van der Waals surface area contributed by atoms with Gasteiger partial charge in [-0.15, -0.1) is 0 Å². The summed E-state index contributed by atoms with van der Waals surface area (Å²) < 4.78 is 0. The Morgan fingerprint density at radius 1 is 0.892 bits per heavy atom. The second-order valence-electron chi connectivity index (χ2n) is 8.72. The van der Waals surface area contributed by atoms with Crippen LogP contribution in [0.15, 0.2) is 35.3 Å². The minimum atomic E-state index is -1.21. The van der Waals surface area contributed by atoms with E-state index in [2.05, 4.69) is 20.9 Å². The summed E-state index contributed by atoms with van der Waals surface area (Å²) in [5.74, 6) is -3.03. The van der Waals surface area contributed by atoms with Crippen LogP contribution in [0.1, 0.15) is 44.6 Å². The number of hydrogen-bond acceptors (Lipinski definition) is 7. The number of carbonyl (C=O) groups is 4. The molecule has 0 aliphatic rings. The van der Waals surface area contributed by atoms with Crippen LogP contribution < -0.4 is 38.9 Å². The maximum atomic E-state index is 13.2. The highest BCUT2D eigenvalue weighted by Crippen LogP contribution is 2.07. The molecule has 0 bridgehead atoms. The third-order valence-electron chi connectivity index (χ3n) is 5.53. The van der Waals surface area contributed by atoms with Crippen molar-refractivity contribution in [3.05, 3.63) is 35.9 Å². The molecule has 4 unspecified atom stereocenters. The summed E-state index contributed by atoms with van der Waals surface area (Å²) in [7, 11) is 0. The lowest BCUT2D eigenvalue weighted by atomic mass is 10.0. The highest BCUT2D eigenvalue weighted by molar-refractivity contribution is 5.94. The molecule has 0 heterocycles. The van der Waals surface area contributed by atoms with Crippen LogP contribution in [0.25, 0.3) is 0 Å². The second-order valence-corrected chi connectivity index (χ2v) is 8.72. The highest BCUT2D eigenvalue weighted by Gasteiger charge is 2.29. The molecule has 0 saturated heterocycles. The number of amides is 3. The zero-order chi connectivity index (χ0) is 27.8. The van der Waals surface area contributed by atoms with Gasteiger partial charge in [-0.2, -0.15) is 0 Å². The van der Waals surface area contributed by atoms with Gasteiger partial charge in [0.05, 0.1) is 6.04 Å². The van der Waals surface area contributed by atoms with Gasteiger partial charge in [-0.1, -0.05) is 30.3 Å². The van der Waals surface area contributed by atoms with E-state index in [1.165, 1.54) is 6.92 Å². The number of carbonyl (C=O) groups excluding carboxylic acids is 3. The van der Waals surface area contributed by atoms with Crippen molar-refractivity contribution in [1.29, 1.82) is 0 Å². The zero-order valence-corrected chi connectivity index (χ0v) is 21.2. The van der Waals surface area contributed by atoms with E-state index >= 15 is 0 Å². The Morgan fingerprint density at radius 2 is 1.51 bits per heavy atom. The van der Waals surface area contributed by atoms with Crippen molar-refractivity contribution in [2.45, 2.75) is 69.6 Å². The van der Waals surface area contributed by atoms with Gasteiger partial charge in [-0.05, 0) is 51.1 Å². The summed E-state index contributed by atoms with van der Waals surface area (Å²) >= 11 is 0. The summed E-state index contributed by atoms with van der Waals surface area (Å²) in [4.78, 5) is 53.8. The third-order valence-corrected chi connectivity index (χ3v) is 5.53. The number of aliphatic carboxylic acids is 1. The Labute approximate surface area is 216 Å². The van der Waals surface area contributed by atoms with Crippen LogP contribution >= 0.6 is 0 Å². The average molecular weight is 521 g/mol. The molecule has 0 radical (unpaired) electrons. The molecule has 0 aliphatic heterocycles. The van der Waals surface area contributed by atoms with E-state index in [4.69, 9.17) is 28.0 Å². The molecule has 1 aromatic carbocycles. The summed E-state index contributed by atoms with van der Waals surface area (Å²) in [5, 5.41) is 16.9. The van der Waals surface area contributed by atoms with Gasteiger partial charge < -0.3 is 44.0 Å². The van der Waals surface area contributed by atoms with Crippen LogP contribution in [0.3, 0.4) is 0 Å². The normalized spacial score (nSPS) is 13.9. The maximum absolute atomic E-state index is 13.2. The SMILES string of the molecule is CC(NC(=O)C(Cc1ccccc1)NC(=O)C(CCCCN)NC(=O)C(N)CCCN=C(N)N)C(=O)O. The van der Waals surface area contributed by atoms with Crippen LogP contribution in [0, 0.1) is 0 Å². The van der Waals surface area contributed by atoms with Crippen LogP contribution in [-0.2, 0) is 25.6 Å². The number of nitrogens with zero attached hydrogens (tertiary/aromatic N) is 1. The molecule has 1 rings (SSSR count). The molecule has 206 valence electrons. The van der Waals surface area contributed by atoms with Gasteiger partial charge in [0.15, 0.2) is 5.96 Å². The fourth-order valence-electron chi connectivity index (χ4n) is 3.40. The molecule has 37 heavy (non-hydrogen) atoms. The minimum absolute atomic E-state index is 0.0542. The number of guanidine groups is 1. The standard InChI is InChI=1S/C24H40N8O5/c1-15(23(36)37)30-22(35)19(14-16-8-3-2-4-9-16)32-21(34)18(11-5-6-12-25)31-20(33)17(26)10-7-13-29-24(27)28/h2-4,8-9,15,17-19H,5-7,10-14,25-26H2,1H3,(H,30,35)(H,31,33)(H,32,34)(H,36,37)(H4,27,28,29). The van der Waals surface area contributed by atoms with Crippen molar-refractivity contribution in [3.8, 4) is 0 Å². The molecule has 0 fully saturated rings. The lowest BCUT2D eigenvalue weighted by Crippen LogP contribution is -2.57. The van der Waals surface area contributed by atoms with Gasteiger partial charge in [0, 0.05) is 13.0 Å². The number of aliphatic imine (C=N–C) groups is 1. The van der Waals surface area contributed by atoms with Gasteiger partial charge in [-0.3, -0.25) is 24.2 Å². The first kappa shape index (κ1) is 31.3. The quantitative estimate of drug-likeness (QED) is 0.0662. The third kappa shape index (κ3) is 12.7. The number of hydrogen-bond donors (Lipinski definition) is 8. The number of rotatable bonds is 17. The van der Waals surface area contributed by atoms with Crippen molar-refractivity contribution < 1.29 is 24.3 Å². The number of benzene rings is 1. The van der Waals surface area contributed by atoms with E-state index < -0.39 is 47.9 Å². The predicted molar refractivity (Wildman–Crippen MR) is 140 cm³/mol. The molecule has 4 atom stereocenters. The van der Waals surface area contributed by atoms with Crippen molar-refractivity contribution >= 4 is 29.7 Å². The Kier molecular flexibility index (Phi) is 14.3. The monoisotopic (exact) mass is 520 g/mol. The molecule has 1 aromatic rings. The molecular weight excluding hydrogens is 480 g/mol. The molecular formula is C24H40N8O5. The molecule has 0 saturated carbocycles. The number of carboxylic acids is 1. The van der Waals surface area contributed by atoms with E-state index in [9.17, 15) is 19.2 Å². The van der Waals surface area contributed by atoms with Crippen molar-refractivity contribution in [2.24, 2.45) is 27.9 Å². The molecule has 3 amide bonds. The topological polar surface area (TPSA) is 241 Å². The first-order chi connectivity index (χ1) is 17.5. The van der Waals surface area contributed by atoms with Gasteiger partial charge >= 0.3 is 5.97 Å². The van der Waals surface area contributed by atoms with Crippen LogP contribution in [0.5, 0.6) is 0 Å². The molecule has 12 N–H and O–H groups in total. The highest BCUT2D eigenvalue weighted by atomic mass is 16.4. The summed E-state index contributed by atoms with van der Waals surface area (Å²) in [6.07, 6.45) is 2.36. The lowest BCUT2D eigenvalue weighted by molar-refractivity contribution is -0.141. The molecule has 13 nitrogen and oxygen atoms in total. The Balaban J connectivity index is 2.96. The summed E-state index contributed by atoms with van der Waals surface area (Å²) in [5.41, 5.74) is 22.9. The number of nitrogens with one attached hydrogen (secondary N) is 3. The molecule has 13 heteroatoms. The van der Waals surface area contributed by atoms with Crippen LogP contribution in [-0.4, -0.2) is 72.0 Å². The first-order valence-electron chi connectivity index (χ1n) is 12.2. The smallest absolute Gasteiger partial charge is 0.325 e. The van der Waals surface area contributed by atoms with E-state index in [0.29, 0.717) is 38.8 Å². The first-order valence-corrected chi connectivity index (χ1v) is 12.2. The molecule has 0 spiro atoms. The van der Waals surface area contributed by atoms with E-state index in [1.54, 1.807) is 24.3 Å². The number of unbranched alkanes of at least 4 members (excludes halogenated alkanes) is 1. The fourth-order valence-corrected chi connectivity index (χ4v) is 3.40. The van der Waals surface area contributed by atoms with Gasteiger partial charge in [0.2, 0.25) is 17.7 Å². The van der Waals surface area contributed by atoms with Crippen LogP contribution in [0.4, 0.5) is 0 Å².